The van der Waals surface area contributed by atoms with Crippen molar-refractivity contribution in [2.45, 2.75) is 25.7 Å². The molecule has 1 aromatic carbocycles. The van der Waals surface area contributed by atoms with Gasteiger partial charge in [-0.2, -0.15) is 0 Å². The molecule has 0 aromatic heterocycles. The van der Waals surface area contributed by atoms with Crippen molar-refractivity contribution < 1.29 is 19.5 Å². The minimum absolute atomic E-state index is 0.0294. The molecule has 1 aromatic rings. The molecular weight excluding hydrogens is 274 g/mol. The van der Waals surface area contributed by atoms with E-state index in [2.05, 4.69) is 10.5 Å². The topological polar surface area (TPSA) is 106 Å². The van der Waals surface area contributed by atoms with E-state index in [0.29, 0.717) is 30.0 Å². The number of hydrogen-bond acceptors (Lipinski definition) is 5. The molecule has 0 atom stereocenters. The van der Waals surface area contributed by atoms with Gasteiger partial charge in [0.05, 0.1) is 0 Å². The van der Waals surface area contributed by atoms with Crippen molar-refractivity contribution in [2.75, 3.05) is 12.1 Å². The third kappa shape index (κ3) is 2.24. The van der Waals surface area contributed by atoms with Crippen LogP contribution in [0.15, 0.2) is 23.4 Å². The summed E-state index contributed by atoms with van der Waals surface area (Å²) in [6, 6.07) is 5.18. The maximum atomic E-state index is 12.6. The van der Waals surface area contributed by atoms with Crippen LogP contribution in [-0.2, 0) is 4.79 Å². The van der Waals surface area contributed by atoms with Gasteiger partial charge < -0.3 is 25.7 Å². The molecule has 0 spiro atoms. The van der Waals surface area contributed by atoms with Gasteiger partial charge in [-0.1, -0.05) is 18.0 Å². The summed E-state index contributed by atoms with van der Waals surface area (Å²) in [6.45, 7) is 0.181. The van der Waals surface area contributed by atoms with Crippen LogP contribution in [0.25, 0.3) is 0 Å². The minimum atomic E-state index is -0.925. The normalized spacial score (nSPS) is 19.5. The number of amides is 1. The first-order chi connectivity index (χ1) is 10.2. The second-order valence-electron chi connectivity index (χ2n) is 5.30. The SMILES string of the molecule is NC(=NO)C1(C(=O)Nc2ccc3c(c2)OCO3)CCCC1. The maximum absolute atomic E-state index is 12.6. The highest BCUT2D eigenvalue weighted by molar-refractivity contribution is 6.12. The Hall–Kier alpha value is -2.44. The zero-order valence-electron chi connectivity index (χ0n) is 11.5. The molecule has 21 heavy (non-hydrogen) atoms. The Morgan fingerprint density at radius 3 is 2.71 bits per heavy atom. The fourth-order valence-electron chi connectivity index (χ4n) is 2.90. The number of rotatable bonds is 3. The van der Waals surface area contributed by atoms with E-state index >= 15 is 0 Å². The van der Waals surface area contributed by atoms with E-state index in [1.807, 2.05) is 0 Å². The number of carbonyl (C=O) groups is 1. The first-order valence-electron chi connectivity index (χ1n) is 6.85. The number of fused-ring (bicyclic) bond motifs is 1. The quantitative estimate of drug-likeness (QED) is 0.340. The Kier molecular flexibility index (Phi) is 3.32. The second kappa shape index (κ2) is 5.16. The molecule has 1 fully saturated rings. The van der Waals surface area contributed by atoms with E-state index in [4.69, 9.17) is 20.4 Å². The van der Waals surface area contributed by atoms with Gasteiger partial charge in [0.15, 0.2) is 17.3 Å². The molecule has 4 N–H and O–H groups in total. The van der Waals surface area contributed by atoms with Crippen molar-refractivity contribution in [1.29, 1.82) is 0 Å². The van der Waals surface area contributed by atoms with Crippen LogP contribution in [-0.4, -0.2) is 23.7 Å². The van der Waals surface area contributed by atoms with E-state index < -0.39 is 5.41 Å². The van der Waals surface area contributed by atoms with Crippen LogP contribution in [0, 0.1) is 5.41 Å². The van der Waals surface area contributed by atoms with Crippen molar-refractivity contribution in [1.82, 2.24) is 0 Å². The molecule has 7 heteroatoms. The number of carbonyl (C=O) groups excluding carboxylic acids is 1. The summed E-state index contributed by atoms with van der Waals surface area (Å²) in [5.74, 6) is 0.962. The molecule has 0 saturated heterocycles. The van der Waals surface area contributed by atoms with Crippen molar-refractivity contribution >= 4 is 17.4 Å². The molecular formula is C14H17N3O4. The Morgan fingerprint density at radius 2 is 2.00 bits per heavy atom. The minimum Gasteiger partial charge on any atom is -0.454 e. The fourth-order valence-corrected chi connectivity index (χ4v) is 2.90. The van der Waals surface area contributed by atoms with Gasteiger partial charge in [0.25, 0.3) is 0 Å². The summed E-state index contributed by atoms with van der Waals surface area (Å²) in [5.41, 5.74) is 5.43. The van der Waals surface area contributed by atoms with Crippen LogP contribution < -0.4 is 20.5 Å². The van der Waals surface area contributed by atoms with E-state index in [0.717, 1.165) is 12.8 Å². The lowest BCUT2D eigenvalue weighted by Crippen LogP contribution is -2.45. The van der Waals surface area contributed by atoms with Gasteiger partial charge in [-0.3, -0.25) is 4.79 Å². The summed E-state index contributed by atoms with van der Waals surface area (Å²) in [4.78, 5) is 12.6. The average Bonchev–Trinajstić information content (AvgIpc) is 3.15. The molecule has 7 nitrogen and oxygen atoms in total. The molecule has 2 aliphatic rings. The van der Waals surface area contributed by atoms with E-state index in [9.17, 15) is 4.79 Å². The van der Waals surface area contributed by atoms with Crippen LogP contribution in [0.1, 0.15) is 25.7 Å². The molecule has 1 saturated carbocycles. The lowest BCUT2D eigenvalue weighted by molar-refractivity contribution is -0.122. The van der Waals surface area contributed by atoms with Gasteiger partial charge in [0.1, 0.15) is 5.41 Å². The summed E-state index contributed by atoms with van der Waals surface area (Å²) in [6.07, 6.45) is 2.92. The Labute approximate surface area is 121 Å². The summed E-state index contributed by atoms with van der Waals surface area (Å²) < 4.78 is 10.5. The van der Waals surface area contributed by atoms with Gasteiger partial charge >= 0.3 is 0 Å². The standard InChI is InChI=1S/C14H17N3O4/c15-12(17-19)14(5-1-2-6-14)13(18)16-9-3-4-10-11(7-9)21-8-20-10/h3-4,7,19H,1-2,5-6,8H2,(H2,15,17)(H,16,18). The van der Waals surface area contributed by atoms with Crippen molar-refractivity contribution in [3.63, 3.8) is 0 Å². The largest absolute Gasteiger partial charge is 0.454 e. The van der Waals surface area contributed by atoms with Gasteiger partial charge in [-0.15, -0.1) is 0 Å². The van der Waals surface area contributed by atoms with Crippen LogP contribution in [0.2, 0.25) is 0 Å². The molecule has 1 amide bonds. The Bertz CT molecular complexity index is 594. The van der Waals surface area contributed by atoms with Gasteiger partial charge in [0, 0.05) is 11.8 Å². The van der Waals surface area contributed by atoms with Gasteiger partial charge in [-0.25, -0.2) is 0 Å². The zero-order chi connectivity index (χ0) is 14.9. The molecule has 3 rings (SSSR count). The van der Waals surface area contributed by atoms with Crippen molar-refractivity contribution in [2.24, 2.45) is 16.3 Å². The summed E-state index contributed by atoms with van der Waals surface area (Å²) in [7, 11) is 0. The monoisotopic (exact) mass is 291 g/mol. The second-order valence-corrected chi connectivity index (χ2v) is 5.30. The highest BCUT2D eigenvalue weighted by atomic mass is 16.7. The molecule has 1 aliphatic heterocycles. The lowest BCUT2D eigenvalue weighted by Gasteiger charge is -2.26. The van der Waals surface area contributed by atoms with Crippen LogP contribution >= 0.6 is 0 Å². The van der Waals surface area contributed by atoms with Gasteiger partial charge in [0.2, 0.25) is 12.7 Å². The van der Waals surface area contributed by atoms with Gasteiger partial charge in [-0.05, 0) is 25.0 Å². The molecule has 0 bridgehead atoms. The van der Waals surface area contributed by atoms with Crippen LogP contribution in [0.4, 0.5) is 5.69 Å². The number of nitrogens with two attached hydrogens (primary N) is 1. The number of nitrogens with one attached hydrogen (secondary N) is 1. The summed E-state index contributed by atoms with van der Waals surface area (Å²) in [5, 5.41) is 14.8. The number of benzene rings is 1. The number of amidine groups is 1. The van der Waals surface area contributed by atoms with Crippen molar-refractivity contribution in [3.05, 3.63) is 18.2 Å². The molecule has 1 heterocycles. The number of anilines is 1. The number of nitrogens with zero attached hydrogens (tertiary/aromatic N) is 1. The maximum Gasteiger partial charge on any atom is 0.238 e. The predicted molar refractivity (Wildman–Crippen MR) is 75.5 cm³/mol. The first kappa shape index (κ1) is 13.5. The zero-order valence-corrected chi connectivity index (χ0v) is 11.5. The van der Waals surface area contributed by atoms with Crippen LogP contribution in [0.3, 0.4) is 0 Å². The summed E-state index contributed by atoms with van der Waals surface area (Å²) >= 11 is 0. The number of ether oxygens (including phenoxy) is 2. The van der Waals surface area contributed by atoms with E-state index in [-0.39, 0.29) is 18.5 Å². The fraction of sp³-hybridized carbons (Fsp3) is 0.429. The van der Waals surface area contributed by atoms with E-state index in [1.54, 1.807) is 18.2 Å². The molecule has 0 radical (unpaired) electrons. The third-order valence-corrected chi connectivity index (χ3v) is 4.12. The Morgan fingerprint density at radius 1 is 1.29 bits per heavy atom. The third-order valence-electron chi connectivity index (χ3n) is 4.12. The number of oxime groups is 1. The number of hydrogen-bond donors (Lipinski definition) is 3. The molecule has 1 aliphatic carbocycles. The first-order valence-corrected chi connectivity index (χ1v) is 6.85. The lowest BCUT2D eigenvalue weighted by atomic mass is 9.83. The van der Waals surface area contributed by atoms with E-state index in [1.165, 1.54) is 0 Å². The smallest absolute Gasteiger partial charge is 0.238 e. The average molecular weight is 291 g/mol. The predicted octanol–water partition coefficient (Wildman–Crippen LogP) is 1.66. The van der Waals surface area contributed by atoms with Crippen molar-refractivity contribution in [3.8, 4) is 11.5 Å². The highest BCUT2D eigenvalue weighted by Gasteiger charge is 2.45. The van der Waals surface area contributed by atoms with Crippen LogP contribution in [0.5, 0.6) is 11.5 Å². The Balaban J connectivity index is 1.82. The molecule has 112 valence electrons. The molecule has 0 unspecified atom stereocenters. The highest BCUT2D eigenvalue weighted by Crippen LogP contribution is 2.40.